The first kappa shape index (κ1) is 24.1. The summed E-state index contributed by atoms with van der Waals surface area (Å²) in [4.78, 5) is 28.1. The second kappa shape index (κ2) is 10.1. The molecule has 182 valence electrons. The number of benzene rings is 1. The van der Waals surface area contributed by atoms with Gasteiger partial charge in [-0.05, 0) is 68.1 Å². The van der Waals surface area contributed by atoms with Crippen molar-refractivity contribution in [1.29, 1.82) is 0 Å². The van der Waals surface area contributed by atoms with Crippen molar-refractivity contribution >= 4 is 11.8 Å². The van der Waals surface area contributed by atoms with Gasteiger partial charge in [-0.25, -0.2) is 8.78 Å². The predicted octanol–water partition coefficient (Wildman–Crippen LogP) is 3.14. The van der Waals surface area contributed by atoms with Gasteiger partial charge in [0.2, 0.25) is 17.7 Å². The van der Waals surface area contributed by atoms with Crippen molar-refractivity contribution in [3.63, 3.8) is 0 Å². The third-order valence-corrected chi connectivity index (χ3v) is 7.96. The van der Waals surface area contributed by atoms with Gasteiger partial charge in [-0.1, -0.05) is 12.1 Å². The smallest absolute Gasteiger partial charge is 0.248 e. The molecule has 0 spiro atoms. The number of carbonyl (C=O) groups excluding carboxylic acids is 2. The number of aliphatic hydroxyl groups excluding tert-OH is 1. The highest BCUT2D eigenvalue weighted by molar-refractivity contribution is 5.92. The Labute approximate surface area is 194 Å². The highest BCUT2D eigenvalue weighted by Crippen LogP contribution is 2.43. The van der Waals surface area contributed by atoms with Crippen molar-refractivity contribution in [3.05, 3.63) is 35.4 Å². The minimum atomic E-state index is -2.58. The average molecular weight is 464 g/mol. The fraction of sp³-hybridized carbons (Fsp3) is 0.680. The molecule has 0 unspecified atom stereocenters. The maximum atomic E-state index is 13.5. The summed E-state index contributed by atoms with van der Waals surface area (Å²) in [7, 11) is 0. The van der Waals surface area contributed by atoms with Crippen LogP contribution in [0.25, 0.3) is 0 Å². The molecule has 0 radical (unpaired) electrons. The number of hydrogen-bond donors (Lipinski definition) is 2. The molecular formula is C25H35F2N3O3. The van der Waals surface area contributed by atoms with Gasteiger partial charge in [0, 0.05) is 50.1 Å². The molecule has 2 saturated heterocycles. The van der Waals surface area contributed by atoms with Crippen LogP contribution in [-0.4, -0.2) is 71.0 Å². The van der Waals surface area contributed by atoms with Crippen LogP contribution in [0.4, 0.5) is 8.78 Å². The highest BCUT2D eigenvalue weighted by atomic mass is 19.3. The molecule has 2 amide bonds. The van der Waals surface area contributed by atoms with Crippen LogP contribution in [0.15, 0.2) is 24.3 Å². The molecule has 1 saturated carbocycles. The predicted molar refractivity (Wildman–Crippen MR) is 121 cm³/mol. The summed E-state index contributed by atoms with van der Waals surface area (Å²) in [5, 5.41) is 9.44. The number of nitrogens with two attached hydrogens (primary N) is 1. The zero-order valence-corrected chi connectivity index (χ0v) is 19.1. The van der Waals surface area contributed by atoms with Crippen LogP contribution in [0, 0.1) is 5.92 Å². The summed E-state index contributed by atoms with van der Waals surface area (Å²) in [5.41, 5.74) is 7.15. The number of fused-ring (bicyclic) bond motifs is 2. The van der Waals surface area contributed by atoms with Crippen molar-refractivity contribution in [2.45, 2.75) is 75.3 Å². The zero-order valence-electron chi connectivity index (χ0n) is 19.1. The maximum Gasteiger partial charge on any atom is 0.248 e. The van der Waals surface area contributed by atoms with Crippen LogP contribution < -0.4 is 5.73 Å². The SMILES string of the molecule is NC(=O)c1cccc([C@H]2C[C@H]3CC[C@@H](C2)N3CCN(CC2CCC(F)(F)CC2)C(=O)CO)c1. The Kier molecular flexibility index (Phi) is 7.34. The van der Waals surface area contributed by atoms with E-state index in [4.69, 9.17) is 5.73 Å². The Morgan fingerprint density at radius 3 is 2.39 bits per heavy atom. The highest BCUT2D eigenvalue weighted by Gasteiger charge is 2.41. The molecule has 1 aliphatic carbocycles. The Hall–Kier alpha value is -2.06. The van der Waals surface area contributed by atoms with E-state index in [1.807, 2.05) is 12.1 Å². The fourth-order valence-corrected chi connectivity index (χ4v) is 6.11. The fourth-order valence-electron chi connectivity index (χ4n) is 6.11. The van der Waals surface area contributed by atoms with E-state index in [9.17, 15) is 23.5 Å². The molecule has 2 aliphatic heterocycles. The van der Waals surface area contributed by atoms with Crippen molar-refractivity contribution in [3.8, 4) is 0 Å². The lowest BCUT2D eigenvalue weighted by molar-refractivity contribution is -0.135. The van der Waals surface area contributed by atoms with E-state index in [-0.39, 0.29) is 24.7 Å². The van der Waals surface area contributed by atoms with Crippen LogP contribution in [0.5, 0.6) is 0 Å². The van der Waals surface area contributed by atoms with Crippen LogP contribution in [-0.2, 0) is 4.79 Å². The molecule has 0 aromatic heterocycles. The first-order chi connectivity index (χ1) is 15.8. The summed E-state index contributed by atoms with van der Waals surface area (Å²) in [5.74, 6) is -2.86. The second-order valence-corrected chi connectivity index (χ2v) is 10.1. The molecule has 3 N–H and O–H groups in total. The van der Waals surface area contributed by atoms with E-state index in [1.54, 1.807) is 11.0 Å². The van der Waals surface area contributed by atoms with Crippen LogP contribution in [0.3, 0.4) is 0 Å². The molecule has 6 nitrogen and oxygen atoms in total. The number of primary amides is 1. The average Bonchev–Trinajstić information content (AvgIpc) is 3.03. The number of aliphatic hydroxyl groups is 1. The number of halogens is 2. The number of amides is 2. The number of nitrogens with zero attached hydrogens (tertiary/aromatic N) is 2. The van der Waals surface area contributed by atoms with E-state index < -0.39 is 18.4 Å². The van der Waals surface area contributed by atoms with Crippen molar-refractivity contribution in [1.82, 2.24) is 9.80 Å². The van der Waals surface area contributed by atoms with E-state index in [2.05, 4.69) is 11.0 Å². The van der Waals surface area contributed by atoms with Gasteiger partial charge in [-0.3, -0.25) is 14.5 Å². The number of alkyl halides is 2. The van der Waals surface area contributed by atoms with E-state index >= 15 is 0 Å². The molecule has 4 rings (SSSR count). The maximum absolute atomic E-state index is 13.5. The molecule has 3 atom stereocenters. The van der Waals surface area contributed by atoms with Gasteiger partial charge in [-0.2, -0.15) is 0 Å². The summed E-state index contributed by atoms with van der Waals surface area (Å²) >= 11 is 0. The largest absolute Gasteiger partial charge is 0.387 e. The van der Waals surface area contributed by atoms with Gasteiger partial charge in [0.15, 0.2) is 0 Å². The Morgan fingerprint density at radius 2 is 1.79 bits per heavy atom. The topological polar surface area (TPSA) is 86.9 Å². The van der Waals surface area contributed by atoms with Gasteiger partial charge in [0.05, 0.1) is 0 Å². The van der Waals surface area contributed by atoms with Crippen LogP contribution in [0.2, 0.25) is 0 Å². The van der Waals surface area contributed by atoms with Crippen molar-refractivity contribution in [2.24, 2.45) is 11.7 Å². The summed E-state index contributed by atoms with van der Waals surface area (Å²) in [6, 6.07) is 8.47. The van der Waals surface area contributed by atoms with Crippen LogP contribution in [0.1, 0.15) is 73.2 Å². The van der Waals surface area contributed by atoms with E-state index in [0.29, 0.717) is 49.5 Å². The monoisotopic (exact) mass is 463 g/mol. The molecule has 2 heterocycles. The van der Waals surface area contributed by atoms with Gasteiger partial charge >= 0.3 is 0 Å². The van der Waals surface area contributed by atoms with Gasteiger partial charge < -0.3 is 15.7 Å². The van der Waals surface area contributed by atoms with E-state index in [0.717, 1.165) is 37.8 Å². The Bertz CT molecular complexity index is 841. The molecule has 3 fully saturated rings. The molecule has 2 bridgehead atoms. The molecule has 33 heavy (non-hydrogen) atoms. The Balaban J connectivity index is 1.34. The number of rotatable bonds is 8. The van der Waals surface area contributed by atoms with Gasteiger partial charge in [0.25, 0.3) is 0 Å². The van der Waals surface area contributed by atoms with Crippen molar-refractivity contribution in [2.75, 3.05) is 26.2 Å². The zero-order chi connectivity index (χ0) is 23.6. The Morgan fingerprint density at radius 1 is 1.12 bits per heavy atom. The second-order valence-electron chi connectivity index (χ2n) is 10.1. The van der Waals surface area contributed by atoms with Gasteiger partial charge in [0.1, 0.15) is 6.61 Å². The first-order valence-corrected chi connectivity index (χ1v) is 12.2. The molecule has 8 heteroatoms. The lowest BCUT2D eigenvalue weighted by Gasteiger charge is -2.40. The molecule has 1 aromatic carbocycles. The lowest BCUT2D eigenvalue weighted by Crippen LogP contribution is -2.48. The van der Waals surface area contributed by atoms with Crippen molar-refractivity contribution < 1.29 is 23.5 Å². The number of piperidine rings is 1. The number of carbonyl (C=O) groups is 2. The van der Waals surface area contributed by atoms with E-state index in [1.165, 1.54) is 0 Å². The molecular weight excluding hydrogens is 428 g/mol. The summed E-state index contributed by atoms with van der Waals surface area (Å²) < 4.78 is 27.0. The minimum absolute atomic E-state index is 0.0696. The van der Waals surface area contributed by atoms with Gasteiger partial charge in [-0.15, -0.1) is 0 Å². The standard InChI is InChI=1S/C25H35F2N3O3/c26-25(27)8-6-17(7-9-25)15-29(23(32)16-31)10-11-30-21-4-5-22(30)14-20(13-21)18-2-1-3-19(12-18)24(28)33/h1-3,12,17,20-22,31H,4-11,13-16H2,(H2,28,33)/t20-,21+,22-. The first-order valence-electron chi connectivity index (χ1n) is 12.2. The quantitative estimate of drug-likeness (QED) is 0.620. The molecule has 3 aliphatic rings. The minimum Gasteiger partial charge on any atom is -0.387 e. The molecule has 1 aromatic rings. The third kappa shape index (κ3) is 5.72. The lowest BCUT2D eigenvalue weighted by atomic mass is 9.84. The normalized spacial score (nSPS) is 27.4. The third-order valence-electron chi connectivity index (χ3n) is 7.96. The summed E-state index contributed by atoms with van der Waals surface area (Å²) in [6.45, 7) is 1.15. The summed E-state index contributed by atoms with van der Waals surface area (Å²) in [6.07, 6.45) is 4.84. The van der Waals surface area contributed by atoms with Crippen LogP contribution >= 0.6 is 0 Å². The number of hydrogen-bond acceptors (Lipinski definition) is 4.